The minimum absolute atomic E-state index is 0.0266. The molecule has 0 radical (unpaired) electrons. The first kappa shape index (κ1) is 11.1. The van der Waals surface area contributed by atoms with E-state index < -0.39 is 0 Å². The molecule has 1 saturated heterocycles. The average Bonchev–Trinajstić information content (AvgIpc) is 2.83. The normalized spacial score (nSPS) is 15.9. The van der Waals surface area contributed by atoms with Gasteiger partial charge in [-0.05, 0) is 31.4 Å². The van der Waals surface area contributed by atoms with Crippen molar-refractivity contribution in [1.29, 1.82) is 0 Å². The van der Waals surface area contributed by atoms with E-state index in [1.807, 2.05) is 17.0 Å². The summed E-state index contributed by atoms with van der Waals surface area (Å²) in [6.07, 6.45) is 6.93. The number of piperidine rings is 1. The highest BCUT2D eigenvalue weighted by atomic mass is 16.2. The Bertz CT molecular complexity index is 557. The minimum Gasteiger partial charge on any atom is -0.358 e. The lowest BCUT2D eigenvalue weighted by molar-refractivity contribution is 0.200. The van der Waals surface area contributed by atoms with Crippen LogP contribution in [0.4, 0.5) is 10.5 Å². The molecule has 18 heavy (non-hydrogen) atoms. The third-order valence-corrected chi connectivity index (χ3v) is 3.32. The first-order valence-electron chi connectivity index (χ1n) is 6.32. The van der Waals surface area contributed by atoms with Crippen LogP contribution in [0.15, 0.2) is 24.5 Å². The molecule has 2 N–H and O–H groups in total. The molecule has 1 aliphatic heterocycles. The van der Waals surface area contributed by atoms with Gasteiger partial charge in [0.25, 0.3) is 0 Å². The summed E-state index contributed by atoms with van der Waals surface area (Å²) in [4.78, 5) is 21.3. The molecule has 0 bridgehead atoms. The van der Waals surface area contributed by atoms with Gasteiger partial charge in [0.05, 0.1) is 11.2 Å². The maximum atomic E-state index is 12.1. The second kappa shape index (κ2) is 4.68. The third kappa shape index (κ3) is 2.03. The maximum absolute atomic E-state index is 12.1. The van der Waals surface area contributed by atoms with Crippen LogP contribution >= 0.6 is 0 Å². The van der Waals surface area contributed by atoms with Crippen molar-refractivity contribution in [3.05, 3.63) is 24.5 Å². The number of hydrogen-bond acceptors (Lipinski definition) is 2. The van der Waals surface area contributed by atoms with E-state index in [9.17, 15) is 4.79 Å². The summed E-state index contributed by atoms with van der Waals surface area (Å²) in [5, 5.41) is 2.93. The molecule has 3 heterocycles. The number of likely N-dealkylation sites (tertiary alicyclic amines) is 1. The Hall–Kier alpha value is -2.04. The molecule has 0 aromatic carbocycles. The molecule has 5 heteroatoms. The molecule has 3 rings (SSSR count). The third-order valence-electron chi connectivity index (χ3n) is 3.32. The summed E-state index contributed by atoms with van der Waals surface area (Å²) in [6.45, 7) is 1.70. The lowest BCUT2D eigenvalue weighted by Crippen LogP contribution is -2.38. The number of amides is 2. The van der Waals surface area contributed by atoms with Gasteiger partial charge in [0, 0.05) is 25.5 Å². The number of nitrogens with one attached hydrogen (secondary N) is 2. The molecule has 0 atom stereocenters. The van der Waals surface area contributed by atoms with Gasteiger partial charge < -0.3 is 15.2 Å². The summed E-state index contributed by atoms with van der Waals surface area (Å²) in [6, 6.07) is 3.79. The lowest BCUT2D eigenvalue weighted by atomic mass is 10.1. The van der Waals surface area contributed by atoms with E-state index in [0.29, 0.717) is 0 Å². The summed E-state index contributed by atoms with van der Waals surface area (Å²) in [5.41, 5.74) is 2.50. The fraction of sp³-hybridized carbons (Fsp3) is 0.385. The number of nitrogens with zero attached hydrogens (tertiary/aromatic N) is 2. The van der Waals surface area contributed by atoms with Crippen LogP contribution in [-0.4, -0.2) is 34.0 Å². The van der Waals surface area contributed by atoms with Crippen LogP contribution < -0.4 is 5.32 Å². The van der Waals surface area contributed by atoms with Gasteiger partial charge >= 0.3 is 6.03 Å². The van der Waals surface area contributed by atoms with Gasteiger partial charge in [-0.2, -0.15) is 0 Å². The van der Waals surface area contributed by atoms with E-state index in [4.69, 9.17) is 0 Å². The molecule has 1 aliphatic rings. The molecule has 0 unspecified atom stereocenters. The summed E-state index contributed by atoms with van der Waals surface area (Å²) < 4.78 is 0. The van der Waals surface area contributed by atoms with E-state index in [1.54, 1.807) is 12.4 Å². The molecule has 2 amide bonds. The van der Waals surface area contributed by atoms with E-state index in [-0.39, 0.29) is 6.03 Å². The van der Waals surface area contributed by atoms with Crippen LogP contribution in [0.25, 0.3) is 11.0 Å². The Morgan fingerprint density at radius 1 is 1.33 bits per heavy atom. The molecular formula is C13H16N4O. The van der Waals surface area contributed by atoms with Crippen LogP contribution in [0.1, 0.15) is 19.3 Å². The number of carbonyl (C=O) groups excluding carboxylic acids is 1. The van der Waals surface area contributed by atoms with Crippen LogP contribution in [-0.2, 0) is 0 Å². The lowest BCUT2D eigenvalue weighted by Gasteiger charge is -2.26. The van der Waals surface area contributed by atoms with E-state index in [2.05, 4.69) is 15.3 Å². The largest absolute Gasteiger partial charge is 0.358 e. The predicted molar refractivity (Wildman–Crippen MR) is 70.5 cm³/mol. The number of anilines is 1. The van der Waals surface area contributed by atoms with Gasteiger partial charge in [-0.25, -0.2) is 4.79 Å². The quantitative estimate of drug-likeness (QED) is 0.810. The topological polar surface area (TPSA) is 61.0 Å². The van der Waals surface area contributed by atoms with Crippen LogP contribution in [0.3, 0.4) is 0 Å². The Labute approximate surface area is 105 Å². The number of rotatable bonds is 1. The fourth-order valence-electron chi connectivity index (χ4n) is 2.34. The molecule has 1 fully saturated rings. The van der Waals surface area contributed by atoms with Crippen LogP contribution in [0, 0.1) is 0 Å². The number of urea groups is 1. The van der Waals surface area contributed by atoms with E-state index >= 15 is 0 Å². The first-order chi connectivity index (χ1) is 8.84. The smallest absolute Gasteiger partial charge is 0.321 e. The molecule has 94 valence electrons. The standard InChI is InChI=1S/C13H16N4O/c18-13(17-7-2-1-3-8-17)16-11-9-15-10-5-4-6-14-12(10)11/h4-6,9,15H,1-3,7-8H2,(H,16,18). The van der Waals surface area contributed by atoms with Gasteiger partial charge in [0.15, 0.2) is 0 Å². The van der Waals surface area contributed by atoms with E-state index in [0.717, 1.165) is 42.7 Å². The second-order valence-electron chi connectivity index (χ2n) is 4.58. The monoisotopic (exact) mass is 244 g/mol. The number of aromatic amines is 1. The van der Waals surface area contributed by atoms with Gasteiger partial charge in [-0.1, -0.05) is 0 Å². The van der Waals surface area contributed by atoms with Crippen molar-refractivity contribution < 1.29 is 4.79 Å². The highest BCUT2D eigenvalue weighted by Crippen LogP contribution is 2.21. The molecule has 2 aromatic heterocycles. The van der Waals surface area contributed by atoms with Crippen molar-refractivity contribution >= 4 is 22.8 Å². The Balaban J connectivity index is 1.77. The van der Waals surface area contributed by atoms with Crippen molar-refractivity contribution in [1.82, 2.24) is 14.9 Å². The van der Waals surface area contributed by atoms with Gasteiger partial charge in [0.2, 0.25) is 0 Å². The minimum atomic E-state index is -0.0266. The summed E-state index contributed by atoms with van der Waals surface area (Å²) >= 11 is 0. The van der Waals surface area contributed by atoms with Crippen molar-refractivity contribution in [3.63, 3.8) is 0 Å². The van der Waals surface area contributed by atoms with Crippen LogP contribution in [0.5, 0.6) is 0 Å². The summed E-state index contributed by atoms with van der Waals surface area (Å²) in [5.74, 6) is 0. The molecule has 0 spiro atoms. The zero-order valence-corrected chi connectivity index (χ0v) is 10.1. The van der Waals surface area contributed by atoms with Crippen molar-refractivity contribution in [3.8, 4) is 0 Å². The molecule has 5 nitrogen and oxygen atoms in total. The van der Waals surface area contributed by atoms with Crippen molar-refractivity contribution in [2.24, 2.45) is 0 Å². The van der Waals surface area contributed by atoms with Gasteiger partial charge in [-0.15, -0.1) is 0 Å². The van der Waals surface area contributed by atoms with Crippen LogP contribution in [0.2, 0.25) is 0 Å². The highest BCUT2D eigenvalue weighted by Gasteiger charge is 2.17. The second-order valence-corrected chi connectivity index (χ2v) is 4.58. The van der Waals surface area contributed by atoms with Crippen molar-refractivity contribution in [2.75, 3.05) is 18.4 Å². The number of fused-ring (bicyclic) bond motifs is 1. The van der Waals surface area contributed by atoms with E-state index in [1.165, 1.54) is 6.42 Å². The average molecular weight is 244 g/mol. The number of hydrogen-bond donors (Lipinski definition) is 2. The number of pyridine rings is 1. The number of H-pyrrole nitrogens is 1. The Kier molecular flexibility index (Phi) is 2.88. The Morgan fingerprint density at radius 3 is 3.00 bits per heavy atom. The fourth-order valence-corrected chi connectivity index (χ4v) is 2.34. The zero-order valence-electron chi connectivity index (χ0n) is 10.1. The zero-order chi connectivity index (χ0) is 12.4. The van der Waals surface area contributed by atoms with Crippen molar-refractivity contribution in [2.45, 2.75) is 19.3 Å². The van der Waals surface area contributed by atoms with Gasteiger partial charge in [-0.3, -0.25) is 4.98 Å². The molecular weight excluding hydrogens is 228 g/mol. The predicted octanol–water partition coefficient (Wildman–Crippen LogP) is 2.58. The first-order valence-corrected chi connectivity index (χ1v) is 6.32. The van der Waals surface area contributed by atoms with Gasteiger partial charge in [0.1, 0.15) is 5.52 Å². The number of carbonyl (C=O) groups is 1. The molecule has 2 aromatic rings. The highest BCUT2D eigenvalue weighted by molar-refractivity contribution is 5.98. The molecule has 0 aliphatic carbocycles. The number of aromatic nitrogens is 2. The Morgan fingerprint density at radius 2 is 2.17 bits per heavy atom. The molecule has 0 saturated carbocycles. The maximum Gasteiger partial charge on any atom is 0.321 e. The SMILES string of the molecule is O=C(Nc1c[nH]c2cccnc12)N1CCCCC1. The summed E-state index contributed by atoms with van der Waals surface area (Å²) in [7, 11) is 0.